The first-order valence-corrected chi connectivity index (χ1v) is 7.87. The van der Waals surface area contributed by atoms with Crippen molar-refractivity contribution in [2.45, 2.75) is 56.6 Å². The van der Waals surface area contributed by atoms with Crippen LogP contribution in [-0.2, 0) is 0 Å². The molecule has 3 N–H and O–H groups in total. The molecule has 120 valence electrons. The SMILES string of the molecule is Cc1ccc(C(=O)C[C@@H]2CC[C@@H](O)[C@@H]3[C@H](O)[C@H](O)CN23)cc1. The molecule has 22 heavy (non-hydrogen) atoms. The third kappa shape index (κ3) is 2.82. The van der Waals surface area contributed by atoms with Gasteiger partial charge in [0.05, 0.1) is 24.4 Å². The van der Waals surface area contributed by atoms with Crippen molar-refractivity contribution in [1.82, 2.24) is 4.90 Å². The van der Waals surface area contributed by atoms with Crippen molar-refractivity contribution in [3.63, 3.8) is 0 Å². The lowest BCUT2D eigenvalue weighted by atomic mass is 9.89. The zero-order valence-corrected chi connectivity index (χ0v) is 12.7. The molecule has 2 aliphatic heterocycles. The molecular weight excluding hydrogens is 282 g/mol. The lowest BCUT2D eigenvalue weighted by Gasteiger charge is -2.40. The van der Waals surface area contributed by atoms with Gasteiger partial charge in [0.15, 0.2) is 5.78 Å². The molecule has 0 bridgehead atoms. The molecule has 2 saturated heterocycles. The quantitative estimate of drug-likeness (QED) is 0.709. The summed E-state index contributed by atoms with van der Waals surface area (Å²) in [6.07, 6.45) is -0.822. The van der Waals surface area contributed by atoms with Crippen LogP contribution in [0, 0.1) is 6.92 Å². The number of aliphatic hydroxyl groups is 3. The smallest absolute Gasteiger partial charge is 0.164 e. The standard InChI is InChI=1S/C17H23NO4/c1-10-2-4-11(5-3-10)14(20)8-12-6-7-13(19)16-17(22)15(21)9-18(12)16/h2-5,12-13,15-17,19,21-22H,6-9H2,1H3/t12-,13+,15+,16+,17+/m0/s1. The second-order valence-corrected chi connectivity index (χ2v) is 6.54. The molecule has 0 amide bonds. The van der Waals surface area contributed by atoms with Crippen LogP contribution in [0.25, 0.3) is 0 Å². The highest BCUT2D eigenvalue weighted by Gasteiger charge is 2.49. The largest absolute Gasteiger partial charge is 0.391 e. The molecule has 1 aromatic rings. The molecule has 0 aliphatic carbocycles. The predicted octanol–water partition coefficient (Wildman–Crippen LogP) is 0.497. The summed E-state index contributed by atoms with van der Waals surface area (Å²) in [7, 11) is 0. The summed E-state index contributed by atoms with van der Waals surface area (Å²) in [5.74, 6) is 0.0658. The summed E-state index contributed by atoms with van der Waals surface area (Å²) in [5.41, 5.74) is 1.80. The number of aryl methyl sites for hydroxylation is 1. The summed E-state index contributed by atoms with van der Waals surface area (Å²) in [4.78, 5) is 14.4. The van der Waals surface area contributed by atoms with Crippen LogP contribution in [0.4, 0.5) is 0 Å². The van der Waals surface area contributed by atoms with Crippen molar-refractivity contribution < 1.29 is 20.1 Å². The van der Waals surface area contributed by atoms with Gasteiger partial charge in [0.25, 0.3) is 0 Å². The Hall–Kier alpha value is -1.27. The highest BCUT2D eigenvalue weighted by molar-refractivity contribution is 5.96. The lowest BCUT2D eigenvalue weighted by Crippen LogP contribution is -2.53. The Kier molecular flexibility index (Phi) is 4.32. The number of piperidine rings is 1. The van der Waals surface area contributed by atoms with E-state index in [9.17, 15) is 20.1 Å². The molecule has 0 aromatic heterocycles. The van der Waals surface area contributed by atoms with Crippen LogP contribution in [0.1, 0.15) is 35.2 Å². The van der Waals surface area contributed by atoms with Gasteiger partial charge < -0.3 is 15.3 Å². The van der Waals surface area contributed by atoms with Gasteiger partial charge >= 0.3 is 0 Å². The monoisotopic (exact) mass is 305 g/mol. The van der Waals surface area contributed by atoms with Crippen LogP contribution in [0.2, 0.25) is 0 Å². The van der Waals surface area contributed by atoms with E-state index in [1.165, 1.54) is 0 Å². The topological polar surface area (TPSA) is 81.0 Å². The zero-order valence-electron chi connectivity index (χ0n) is 12.7. The van der Waals surface area contributed by atoms with E-state index >= 15 is 0 Å². The van der Waals surface area contributed by atoms with Gasteiger partial charge in [0.2, 0.25) is 0 Å². The van der Waals surface area contributed by atoms with Crippen LogP contribution in [0.5, 0.6) is 0 Å². The van der Waals surface area contributed by atoms with Gasteiger partial charge in [-0.3, -0.25) is 9.69 Å². The molecule has 0 saturated carbocycles. The molecule has 0 spiro atoms. The molecule has 0 radical (unpaired) electrons. The number of carbonyl (C=O) groups excluding carboxylic acids is 1. The highest BCUT2D eigenvalue weighted by atomic mass is 16.3. The molecule has 5 heteroatoms. The second-order valence-electron chi connectivity index (χ2n) is 6.54. The summed E-state index contributed by atoms with van der Waals surface area (Å²) in [6, 6.07) is 7.02. The van der Waals surface area contributed by atoms with Gasteiger partial charge in [0.1, 0.15) is 0 Å². The highest BCUT2D eigenvalue weighted by Crippen LogP contribution is 2.33. The van der Waals surface area contributed by atoms with Crippen molar-refractivity contribution in [1.29, 1.82) is 0 Å². The number of ketones is 1. The van der Waals surface area contributed by atoms with Crippen molar-refractivity contribution in [3.8, 4) is 0 Å². The number of benzene rings is 1. The Labute approximate surface area is 130 Å². The molecule has 0 unspecified atom stereocenters. The van der Waals surface area contributed by atoms with Crippen LogP contribution in [0.15, 0.2) is 24.3 Å². The van der Waals surface area contributed by atoms with E-state index in [0.29, 0.717) is 31.4 Å². The molecule has 2 fully saturated rings. The number of rotatable bonds is 3. The number of carbonyl (C=O) groups is 1. The maximum atomic E-state index is 12.4. The van der Waals surface area contributed by atoms with E-state index < -0.39 is 24.4 Å². The number of hydrogen-bond acceptors (Lipinski definition) is 5. The van der Waals surface area contributed by atoms with Crippen molar-refractivity contribution >= 4 is 5.78 Å². The Morgan fingerprint density at radius 2 is 1.82 bits per heavy atom. The van der Waals surface area contributed by atoms with Crippen LogP contribution >= 0.6 is 0 Å². The zero-order chi connectivity index (χ0) is 15.9. The minimum Gasteiger partial charge on any atom is -0.391 e. The average Bonchev–Trinajstić information content (AvgIpc) is 2.79. The minimum atomic E-state index is -0.938. The fourth-order valence-corrected chi connectivity index (χ4v) is 3.70. The van der Waals surface area contributed by atoms with E-state index in [4.69, 9.17) is 0 Å². The number of hydrogen-bond donors (Lipinski definition) is 3. The van der Waals surface area contributed by atoms with E-state index in [0.717, 1.165) is 5.56 Å². The third-order valence-corrected chi connectivity index (χ3v) is 4.98. The first-order chi connectivity index (χ1) is 10.5. The van der Waals surface area contributed by atoms with Crippen LogP contribution < -0.4 is 0 Å². The van der Waals surface area contributed by atoms with Crippen LogP contribution in [-0.4, -0.2) is 62.9 Å². The number of fused-ring (bicyclic) bond motifs is 1. The average molecular weight is 305 g/mol. The van der Waals surface area contributed by atoms with Gasteiger partial charge in [-0.2, -0.15) is 0 Å². The first-order valence-electron chi connectivity index (χ1n) is 7.87. The van der Waals surface area contributed by atoms with Crippen LogP contribution in [0.3, 0.4) is 0 Å². The molecule has 5 atom stereocenters. The lowest BCUT2D eigenvalue weighted by molar-refractivity contribution is -0.0453. The van der Waals surface area contributed by atoms with E-state index in [-0.39, 0.29) is 11.8 Å². The van der Waals surface area contributed by atoms with Gasteiger partial charge in [-0.15, -0.1) is 0 Å². The Balaban J connectivity index is 1.72. The minimum absolute atomic E-state index is 0.0333. The molecule has 1 aromatic carbocycles. The van der Waals surface area contributed by atoms with Gasteiger partial charge in [-0.05, 0) is 19.8 Å². The fourth-order valence-electron chi connectivity index (χ4n) is 3.70. The van der Waals surface area contributed by atoms with Crippen molar-refractivity contribution in [2.24, 2.45) is 0 Å². The Morgan fingerprint density at radius 3 is 2.50 bits per heavy atom. The summed E-state index contributed by atoms with van der Waals surface area (Å²) in [6.45, 7) is 2.29. The molecule has 3 rings (SSSR count). The van der Waals surface area contributed by atoms with E-state index in [2.05, 4.69) is 0 Å². The Bertz CT molecular complexity index is 544. The summed E-state index contributed by atoms with van der Waals surface area (Å²) >= 11 is 0. The summed E-state index contributed by atoms with van der Waals surface area (Å²) in [5, 5.41) is 30.0. The molecule has 5 nitrogen and oxygen atoms in total. The van der Waals surface area contributed by atoms with Gasteiger partial charge in [-0.1, -0.05) is 29.8 Å². The maximum Gasteiger partial charge on any atom is 0.164 e. The van der Waals surface area contributed by atoms with E-state index in [1.807, 2.05) is 36.1 Å². The van der Waals surface area contributed by atoms with Crippen molar-refractivity contribution in [3.05, 3.63) is 35.4 Å². The van der Waals surface area contributed by atoms with Crippen molar-refractivity contribution in [2.75, 3.05) is 6.54 Å². The molecule has 2 aliphatic rings. The fraction of sp³-hybridized carbons (Fsp3) is 0.588. The predicted molar refractivity (Wildman–Crippen MR) is 81.7 cm³/mol. The Morgan fingerprint density at radius 1 is 1.14 bits per heavy atom. The summed E-state index contributed by atoms with van der Waals surface area (Å²) < 4.78 is 0. The third-order valence-electron chi connectivity index (χ3n) is 4.98. The number of Topliss-reactive ketones (excluding diaryl/α,β-unsaturated/α-hetero) is 1. The normalized spacial score (nSPS) is 35.4. The first kappa shape index (κ1) is 15.6. The maximum absolute atomic E-state index is 12.4. The number of aliphatic hydroxyl groups excluding tert-OH is 3. The molecule has 2 heterocycles. The second kappa shape index (κ2) is 6.08. The van der Waals surface area contributed by atoms with Gasteiger partial charge in [0, 0.05) is 24.6 Å². The number of nitrogens with zero attached hydrogens (tertiary/aromatic N) is 1. The molecular formula is C17H23NO4. The van der Waals surface area contributed by atoms with E-state index in [1.54, 1.807) is 0 Å². The van der Waals surface area contributed by atoms with Gasteiger partial charge in [-0.25, -0.2) is 0 Å².